The molecule has 0 aliphatic rings. The van der Waals surface area contributed by atoms with Crippen LogP contribution in [0.2, 0.25) is 0 Å². The van der Waals surface area contributed by atoms with Gasteiger partial charge in [0.15, 0.2) is 6.61 Å². The zero-order chi connectivity index (χ0) is 18.8. The molecule has 4 rings (SSSR count). The molecule has 0 bridgehead atoms. The molecule has 0 radical (unpaired) electrons. The lowest BCUT2D eigenvalue weighted by Crippen LogP contribution is -2.20. The van der Waals surface area contributed by atoms with Crippen LogP contribution < -0.4 is 15.8 Å². The smallest absolute Gasteiger partial charge is 0.262 e. The van der Waals surface area contributed by atoms with Gasteiger partial charge in [-0.2, -0.15) is 0 Å². The molecular weight excluding hydrogens is 344 g/mol. The summed E-state index contributed by atoms with van der Waals surface area (Å²) in [6.07, 6.45) is 0. The molecule has 0 saturated carbocycles. The molecule has 27 heavy (non-hydrogen) atoms. The number of primary amides is 1. The average Bonchev–Trinajstić information content (AvgIpc) is 3.04. The molecule has 0 spiro atoms. The minimum atomic E-state index is -0.553. The number of para-hydroxylation sites is 1. The summed E-state index contributed by atoms with van der Waals surface area (Å²) < 4.78 is 11.4. The number of fused-ring (bicyclic) bond motifs is 3. The SMILES string of the molecule is NC(=O)c1cccc(NC(=O)COc2ccc3oc4ccccc4c3c2)c1. The van der Waals surface area contributed by atoms with Crippen molar-refractivity contribution in [2.24, 2.45) is 5.73 Å². The second kappa shape index (κ2) is 6.84. The zero-order valence-corrected chi connectivity index (χ0v) is 14.3. The fraction of sp³-hybridized carbons (Fsp3) is 0.0476. The van der Waals surface area contributed by atoms with Gasteiger partial charge in [-0.1, -0.05) is 24.3 Å². The normalized spacial score (nSPS) is 10.8. The van der Waals surface area contributed by atoms with E-state index in [4.69, 9.17) is 14.9 Å². The Hall–Kier alpha value is -3.80. The third-order valence-corrected chi connectivity index (χ3v) is 4.15. The van der Waals surface area contributed by atoms with E-state index in [1.807, 2.05) is 36.4 Å². The molecule has 0 unspecified atom stereocenters. The van der Waals surface area contributed by atoms with E-state index in [-0.39, 0.29) is 12.5 Å². The number of ether oxygens (including phenoxy) is 1. The van der Waals surface area contributed by atoms with Crippen molar-refractivity contribution in [3.63, 3.8) is 0 Å². The van der Waals surface area contributed by atoms with E-state index in [2.05, 4.69) is 5.32 Å². The number of benzene rings is 3. The summed E-state index contributed by atoms with van der Waals surface area (Å²) in [5, 5.41) is 4.60. The first kappa shape index (κ1) is 16.7. The standard InChI is InChI=1S/C21H16N2O4/c22-21(25)13-4-3-5-14(10-13)23-20(24)12-26-15-8-9-19-17(11-15)16-6-1-2-7-18(16)27-19/h1-11H,12H2,(H2,22,25)(H,23,24). The minimum Gasteiger partial charge on any atom is -0.484 e. The van der Waals surface area contributed by atoms with Crippen LogP contribution in [0.25, 0.3) is 21.9 Å². The van der Waals surface area contributed by atoms with Crippen LogP contribution in [0, 0.1) is 0 Å². The van der Waals surface area contributed by atoms with Crippen LogP contribution in [0.5, 0.6) is 5.75 Å². The monoisotopic (exact) mass is 360 g/mol. The molecule has 6 nitrogen and oxygen atoms in total. The predicted molar refractivity (Wildman–Crippen MR) is 103 cm³/mol. The van der Waals surface area contributed by atoms with Crippen molar-refractivity contribution >= 4 is 39.4 Å². The molecule has 6 heteroatoms. The van der Waals surface area contributed by atoms with E-state index >= 15 is 0 Å². The van der Waals surface area contributed by atoms with Crippen molar-refractivity contribution in [1.82, 2.24) is 0 Å². The van der Waals surface area contributed by atoms with E-state index in [9.17, 15) is 9.59 Å². The molecule has 0 fully saturated rings. The number of anilines is 1. The van der Waals surface area contributed by atoms with Gasteiger partial charge in [-0.15, -0.1) is 0 Å². The number of carbonyl (C=O) groups excluding carboxylic acids is 2. The van der Waals surface area contributed by atoms with E-state index < -0.39 is 5.91 Å². The minimum absolute atomic E-state index is 0.165. The van der Waals surface area contributed by atoms with Gasteiger partial charge >= 0.3 is 0 Å². The van der Waals surface area contributed by atoms with Gasteiger partial charge in [-0.3, -0.25) is 9.59 Å². The number of furan rings is 1. The Labute approximate surface area is 154 Å². The second-order valence-electron chi connectivity index (χ2n) is 6.04. The first-order valence-electron chi connectivity index (χ1n) is 8.34. The van der Waals surface area contributed by atoms with Crippen LogP contribution in [0.15, 0.2) is 71.1 Å². The maximum Gasteiger partial charge on any atom is 0.262 e. The topological polar surface area (TPSA) is 94.6 Å². The van der Waals surface area contributed by atoms with E-state index in [1.54, 1.807) is 24.3 Å². The molecule has 3 aromatic carbocycles. The number of amides is 2. The summed E-state index contributed by atoms with van der Waals surface area (Å²) in [5.74, 6) is -0.327. The average molecular weight is 360 g/mol. The number of hydrogen-bond acceptors (Lipinski definition) is 4. The maximum atomic E-state index is 12.1. The zero-order valence-electron chi connectivity index (χ0n) is 14.3. The van der Waals surface area contributed by atoms with Gasteiger partial charge in [-0.25, -0.2) is 0 Å². The molecule has 1 heterocycles. The largest absolute Gasteiger partial charge is 0.484 e. The third kappa shape index (κ3) is 3.46. The van der Waals surface area contributed by atoms with Gasteiger partial charge in [0.05, 0.1) is 0 Å². The Morgan fingerprint density at radius 2 is 1.74 bits per heavy atom. The maximum absolute atomic E-state index is 12.1. The number of nitrogens with two attached hydrogens (primary N) is 1. The van der Waals surface area contributed by atoms with Gasteiger partial charge in [0.2, 0.25) is 5.91 Å². The quantitative estimate of drug-likeness (QED) is 0.567. The Bertz CT molecular complexity index is 1160. The highest BCUT2D eigenvalue weighted by Gasteiger charge is 2.09. The Kier molecular flexibility index (Phi) is 4.22. The fourth-order valence-electron chi connectivity index (χ4n) is 2.89. The van der Waals surface area contributed by atoms with Gasteiger partial charge in [0, 0.05) is 22.0 Å². The van der Waals surface area contributed by atoms with Gasteiger partial charge in [-0.05, 0) is 42.5 Å². The molecule has 0 aliphatic carbocycles. The summed E-state index contributed by atoms with van der Waals surface area (Å²) in [7, 11) is 0. The van der Waals surface area contributed by atoms with Crippen molar-refractivity contribution in [3.05, 3.63) is 72.3 Å². The van der Waals surface area contributed by atoms with Crippen molar-refractivity contribution in [1.29, 1.82) is 0 Å². The summed E-state index contributed by atoms with van der Waals surface area (Å²) in [5.41, 5.74) is 7.61. The summed E-state index contributed by atoms with van der Waals surface area (Å²) in [6.45, 7) is -0.165. The number of rotatable bonds is 5. The Morgan fingerprint density at radius 1 is 0.926 bits per heavy atom. The van der Waals surface area contributed by atoms with Gasteiger partial charge in [0.25, 0.3) is 5.91 Å². The molecule has 134 valence electrons. The van der Waals surface area contributed by atoms with E-state index in [0.717, 1.165) is 21.9 Å². The Balaban J connectivity index is 1.46. The molecule has 0 atom stereocenters. The first-order chi connectivity index (χ1) is 13.1. The fourth-order valence-corrected chi connectivity index (χ4v) is 2.89. The molecule has 2 amide bonds. The molecule has 0 aliphatic heterocycles. The Morgan fingerprint density at radius 3 is 2.59 bits per heavy atom. The lowest BCUT2D eigenvalue weighted by atomic mass is 10.1. The second-order valence-corrected chi connectivity index (χ2v) is 6.04. The highest BCUT2D eigenvalue weighted by Crippen LogP contribution is 2.31. The number of hydrogen-bond donors (Lipinski definition) is 2. The predicted octanol–water partition coefficient (Wildman–Crippen LogP) is 3.70. The number of nitrogens with one attached hydrogen (secondary N) is 1. The lowest BCUT2D eigenvalue weighted by molar-refractivity contribution is -0.118. The summed E-state index contributed by atoms with van der Waals surface area (Å²) in [4.78, 5) is 23.3. The lowest BCUT2D eigenvalue weighted by Gasteiger charge is -2.08. The van der Waals surface area contributed by atoms with Gasteiger partial charge in [0.1, 0.15) is 16.9 Å². The first-order valence-corrected chi connectivity index (χ1v) is 8.34. The molecule has 1 aromatic heterocycles. The van der Waals surface area contributed by atoms with Crippen LogP contribution in [-0.4, -0.2) is 18.4 Å². The van der Waals surface area contributed by atoms with Crippen molar-refractivity contribution in [2.45, 2.75) is 0 Å². The van der Waals surface area contributed by atoms with E-state index in [1.165, 1.54) is 6.07 Å². The summed E-state index contributed by atoms with van der Waals surface area (Å²) in [6, 6.07) is 19.6. The van der Waals surface area contributed by atoms with Crippen LogP contribution in [0.4, 0.5) is 5.69 Å². The van der Waals surface area contributed by atoms with Crippen LogP contribution in [-0.2, 0) is 4.79 Å². The van der Waals surface area contributed by atoms with Crippen LogP contribution in [0.3, 0.4) is 0 Å². The highest BCUT2D eigenvalue weighted by molar-refractivity contribution is 6.05. The van der Waals surface area contributed by atoms with Crippen LogP contribution >= 0.6 is 0 Å². The highest BCUT2D eigenvalue weighted by atomic mass is 16.5. The molecule has 0 saturated heterocycles. The third-order valence-electron chi connectivity index (χ3n) is 4.15. The molecule has 3 N–H and O–H groups in total. The van der Waals surface area contributed by atoms with E-state index in [0.29, 0.717) is 17.0 Å². The number of carbonyl (C=O) groups is 2. The van der Waals surface area contributed by atoms with Crippen molar-refractivity contribution < 1.29 is 18.7 Å². The van der Waals surface area contributed by atoms with Crippen LogP contribution in [0.1, 0.15) is 10.4 Å². The molecule has 4 aromatic rings. The van der Waals surface area contributed by atoms with Gasteiger partial charge < -0.3 is 20.2 Å². The molecular formula is C21H16N2O4. The van der Waals surface area contributed by atoms with Crippen molar-refractivity contribution in [3.8, 4) is 5.75 Å². The summed E-state index contributed by atoms with van der Waals surface area (Å²) >= 11 is 0. The van der Waals surface area contributed by atoms with Crippen molar-refractivity contribution in [2.75, 3.05) is 11.9 Å².